The first kappa shape index (κ1) is 18.1. The highest BCUT2D eigenvalue weighted by Crippen LogP contribution is 2.03. The van der Waals surface area contributed by atoms with Crippen LogP contribution >= 0.6 is 0 Å². The van der Waals surface area contributed by atoms with Crippen molar-refractivity contribution >= 4 is 17.9 Å². The maximum atomic E-state index is 11.1. The maximum Gasteiger partial charge on any atom is 0.333 e. The van der Waals surface area contributed by atoms with Crippen molar-refractivity contribution in [3.63, 3.8) is 0 Å². The highest BCUT2D eigenvalue weighted by molar-refractivity contribution is 5.86. The van der Waals surface area contributed by atoms with E-state index in [4.69, 9.17) is 14.6 Å². The average molecular weight is 286 g/mol. The van der Waals surface area contributed by atoms with Crippen molar-refractivity contribution in [2.45, 2.75) is 45.4 Å². The largest absolute Gasteiger partial charge is 0.481 e. The van der Waals surface area contributed by atoms with E-state index < -0.39 is 11.9 Å². The Morgan fingerprint density at radius 3 is 2.00 bits per heavy atom. The molecule has 0 saturated carbocycles. The summed E-state index contributed by atoms with van der Waals surface area (Å²) in [5.41, 5.74) is 0.387. The van der Waals surface area contributed by atoms with E-state index in [1.54, 1.807) is 6.92 Å². The molecule has 0 amide bonds. The predicted octanol–water partition coefficient (Wildman–Crippen LogP) is 2.07. The lowest BCUT2D eigenvalue weighted by Crippen LogP contribution is -2.08. The van der Waals surface area contributed by atoms with E-state index in [2.05, 4.69) is 6.58 Å². The number of hydrogen-bond donors (Lipinski definition) is 1. The quantitative estimate of drug-likeness (QED) is 0.355. The second-order valence-corrected chi connectivity index (χ2v) is 4.44. The minimum Gasteiger partial charge on any atom is -0.481 e. The van der Waals surface area contributed by atoms with Crippen LogP contribution in [0.25, 0.3) is 0 Å². The molecule has 20 heavy (non-hydrogen) atoms. The van der Waals surface area contributed by atoms with Crippen molar-refractivity contribution in [1.82, 2.24) is 0 Å². The van der Waals surface area contributed by atoms with Crippen LogP contribution in [-0.4, -0.2) is 36.2 Å². The van der Waals surface area contributed by atoms with Gasteiger partial charge in [-0.2, -0.15) is 0 Å². The number of esters is 2. The molecule has 6 heteroatoms. The van der Waals surface area contributed by atoms with Crippen molar-refractivity contribution in [2.24, 2.45) is 0 Å². The van der Waals surface area contributed by atoms with E-state index in [0.29, 0.717) is 25.2 Å². The molecule has 0 heterocycles. The molecule has 0 fully saturated rings. The molecule has 0 aliphatic carbocycles. The molecule has 6 nitrogen and oxygen atoms in total. The normalized spacial score (nSPS) is 9.85. The maximum absolute atomic E-state index is 11.1. The zero-order valence-corrected chi connectivity index (χ0v) is 11.9. The van der Waals surface area contributed by atoms with E-state index in [0.717, 1.165) is 19.3 Å². The number of aliphatic carboxylic acids is 1. The minimum absolute atomic E-state index is 0.0911. The van der Waals surface area contributed by atoms with Gasteiger partial charge in [0.15, 0.2) is 0 Å². The molecule has 0 aliphatic rings. The van der Waals surface area contributed by atoms with Gasteiger partial charge in [-0.05, 0) is 32.6 Å². The summed E-state index contributed by atoms with van der Waals surface area (Å²) in [5, 5.41) is 8.38. The van der Waals surface area contributed by atoms with E-state index >= 15 is 0 Å². The highest BCUT2D eigenvalue weighted by Gasteiger charge is 2.06. The zero-order valence-electron chi connectivity index (χ0n) is 11.9. The Morgan fingerprint density at radius 1 is 0.950 bits per heavy atom. The molecule has 0 aromatic heterocycles. The Hall–Kier alpha value is -1.85. The van der Waals surface area contributed by atoms with Gasteiger partial charge < -0.3 is 14.6 Å². The fourth-order valence-corrected chi connectivity index (χ4v) is 1.31. The number of ether oxygens (including phenoxy) is 2. The van der Waals surface area contributed by atoms with Crippen molar-refractivity contribution in [3.05, 3.63) is 12.2 Å². The SMILES string of the molecule is C=C(C)C(=O)OCCCCCCOC(=O)CCC(=O)O. The van der Waals surface area contributed by atoms with Crippen LogP contribution in [0.3, 0.4) is 0 Å². The fourth-order valence-electron chi connectivity index (χ4n) is 1.31. The second-order valence-electron chi connectivity index (χ2n) is 4.44. The van der Waals surface area contributed by atoms with Crippen LogP contribution in [0.4, 0.5) is 0 Å². The highest BCUT2D eigenvalue weighted by atomic mass is 16.5. The number of unbranched alkanes of at least 4 members (excludes halogenated alkanes) is 3. The number of carboxylic acid groups (broad SMARTS) is 1. The first-order chi connectivity index (χ1) is 9.43. The summed E-state index contributed by atoms with van der Waals surface area (Å²) in [6.45, 7) is 5.74. The topological polar surface area (TPSA) is 89.9 Å². The van der Waals surface area contributed by atoms with Gasteiger partial charge in [0.05, 0.1) is 26.1 Å². The van der Waals surface area contributed by atoms with Gasteiger partial charge in [-0.1, -0.05) is 6.58 Å². The molecule has 0 aromatic rings. The lowest BCUT2D eigenvalue weighted by atomic mass is 10.2. The standard InChI is InChI=1S/C14H22O6/c1-11(2)14(18)20-10-6-4-3-5-9-19-13(17)8-7-12(15)16/h1,3-10H2,2H3,(H,15,16). The average Bonchev–Trinajstić information content (AvgIpc) is 2.38. The van der Waals surface area contributed by atoms with Crippen molar-refractivity contribution in [1.29, 1.82) is 0 Å². The number of hydrogen-bond acceptors (Lipinski definition) is 5. The van der Waals surface area contributed by atoms with Gasteiger partial charge in [0, 0.05) is 5.57 Å². The van der Waals surface area contributed by atoms with E-state index in [1.807, 2.05) is 0 Å². The van der Waals surface area contributed by atoms with Gasteiger partial charge in [0.1, 0.15) is 0 Å². The predicted molar refractivity (Wildman–Crippen MR) is 72.1 cm³/mol. The molecule has 114 valence electrons. The summed E-state index contributed by atoms with van der Waals surface area (Å²) in [6.07, 6.45) is 2.91. The van der Waals surface area contributed by atoms with Gasteiger partial charge in [-0.15, -0.1) is 0 Å². The van der Waals surface area contributed by atoms with Gasteiger partial charge >= 0.3 is 17.9 Å². The van der Waals surface area contributed by atoms with Gasteiger partial charge in [0.25, 0.3) is 0 Å². The first-order valence-corrected chi connectivity index (χ1v) is 6.63. The molecule has 0 radical (unpaired) electrons. The van der Waals surface area contributed by atoms with Crippen LogP contribution in [0.5, 0.6) is 0 Å². The Kier molecular flexibility index (Phi) is 10.00. The zero-order chi connectivity index (χ0) is 15.4. The Bertz CT molecular complexity index is 348. The molecule has 1 N–H and O–H groups in total. The van der Waals surface area contributed by atoms with Crippen molar-refractivity contribution < 1.29 is 29.0 Å². The number of carbonyl (C=O) groups excluding carboxylic acids is 2. The molecule has 0 saturated heterocycles. The molecule has 0 atom stereocenters. The molecule has 0 bridgehead atoms. The first-order valence-electron chi connectivity index (χ1n) is 6.63. The second kappa shape index (κ2) is 11.0. The van der Waals surface area contributed by atoms with Crippen molar-refractivity contribution in [3.8, 4) is 0 Å². The number of carbonyl (C=O) groups is 3. The summed E-state index contributed by atoms with van der Waals surface area (Å²) in [5.74, 6) is -1.87. The third-order valence-electron chi connectivity index (χ3n) is 2.43. The fraction of sp³-hybridized carbons (Fsp3) is 0.643. The van der Waals surface area contributed by atoms with Gasteiger partial charge in [0.2, 0.25) is 0 Å². The third kappa shape index (κ3) is 11.3. The summed E-state index contributed by atoms with van der Waals surface area (Å²) in [6, 6.07) is 0. The summed E-state index contributed by atoms with van der Waals surface area (Å²) in [4.78, 5) is 32.3. The summed E-state index contributed by atoms with van der Waals surface area (Å²) >= 11 is 0. The van der Waals surface area contributed by atoms with Crippen LogP contribution in [-0.2, 0) is 23.9 Å². The van der Waals surface area contributed by atoms with E-state index in [9.17, 15) is 14.4 Å². The molecule has 0 aliphatic heterocycles. The summed E-state index contributed by atoms with van der Waals surface area (Å²) in [7, 11) is 0. The lowest BCUT2D eigenvalue weighted by molar-refractivity contribution is -0.147. The van der Waals surface area contributed by atoms with Gasteiger partial charge in [-0.25, -0.2) is 4.79 Å². The Balaban J connectivity index is 3.32. The summed E-state index contributed by atoms with van der Waals surface area (Å²) < 4.78 is 9.79. The van der Waals surface area contributed by atoms with Crippen LogP contribution in [0, 0.1) is 0 Å². The smallest absolute Gasteiger partial charge is 0.333 e. The molecule has 0 spiro atoms. The molecular formula is C14H22O6. The monoisotopic (exact) mass is 286 g/mol. The lowest BCUT2D eigenvalue weighted by Gasteiger charge is -2.05. The van der Waals surface area contributed by atoms with Crippen LogP contribution in [0.1, 0.15) is 45.4 Å². The molecule has 0 rings (SSSR count). The van der Waals surface area contributed by atoms with Crippen LogP contribution in [0.15, 0.2) is 12.2 Å². The van der Waals surface area contributed by atoms with E-state index in [-0.39, 0.29) is 18.8 Å². The van der Waals surface area contributed by atoms with Crippen LogP contribution < -0.4 is 0 Å². The third-order valence-corrected chi connectivity index (χ3v) is 2.43. The van der Waals surface area contributed by atoms with Gasteiger partial charge in [-0.3, -0.25) is 9.59 Å². The Morgan fingerprint density at radius 2 is 1.50 bits per heavy atom. The molecule has 0 aromatic carbocycles. The van der Waals surface area contributed by atoms with Crippen LogP contribution in [0.2, 0.25) is 0 Å². The Labute approximate surface area is 118 Å². The minimum atomic E-state index is -1.01. The van der Waals surface area contributed by atoms with E-state index in [1.165, 1.54) is 0 Å². The molecule has 0 unspecified atom stereocenters. The number of rotatable bonds is 11. The molecular weight excluding hydrogens is 264 g/mol. The number of carboxylic acids is 1. The van der Waals surface area contributed by atoms with Crippen molar-refractivity contribution in [2.75, 3.05) is 13.2 Å².